The highest BCUT2D eigenvalue weighted by Gasteiger charge is 2.30. The van der Waals surface area contributed by atoms with Crippen LogP contribution in [0.25, 0.3) is 0 Å². The molecule has 0 spiro atoms. The molecular weight excluding hydrogens is 482 g/mol. The average Bonchev–Trinajstić information content (AvgIpc) is 2.88. The smallest absolute Gasteiger partial charge is 0.353 e. The van der Waals surface area contributed by atoms with Crippen molar-refractivity contribution in [3.05, 3.63) is 35.4 Å². The van der Waals surface area contributed by atoms with Gasteiger partial charge in [0.15, 0.2) is 15.8 Å². The molecule has 1 fully saturated rings. The van der Waals surface area contributed by atoms with Gasteiger partial charge < -0.3 is 10.6 Å². The maximum atomic E-state index is 12.6. The first-order valence-corrected chi connectivity index (χ1v) is 9.35. The zero-order valence-corrected chi connectivity index (χ0v) is 17.1. The summed E-state index contributed by atoms with van der Waals surface area (Å²) in [5, 5.41) is 5.88. The van der Waals surface area contributed by atoms with Gasteiger partial charge in [-0.25, -0.2) is 8.42 Å². The van der Waals surface area contributed by atoms with Gasteiger partial charge >= 0.3 is 6.18 Å². The number of benzene rings is 1. The van der Waals surface area contributed by atoms with E-state index in [2.05, 4.69) is 27.5 Å². The maximum Gasteiger partial charge on any atom is 0.416 e. The standard InChI is InChI=1S/C16H18F3N3O2S.HI/c1-20-15(22-14-7-9-25(23,24)11-14)21-8-3-5-12-4-2-6-13(10-12)16(17,18)19;/h2,4,6,10,14H,7-9,11H2,1H3,(H2,20,21,22);1H. The van der Waals surface area contributed by atoms with E-state index in [0.717, 1.165) is 12.1 Å². The van der Waals surface area contributed by atoms with Crippen LogP contribution in [0.15, 0.2) is 29.3 Å². The Balaban J connectivity index is 0.00000338. The molecule has 2 rings (SSSR count). The summed E-state index contributed by atoms with van der Waals surface area (Å²) in [4.78, 5) is 3.97. The van der Waals surface area contributed by atoms with Gasteiger partial charge in [0.1, 0.15) is 0 Å². The van der Waals surface area contributed by atoms with Crippen LogP contribution in [0, 0.1) is 11.8 Å². The van der Waals surface area contributed by atoms with Crippen LogP contribution >= 0.6 is 24.0 Å². The molecule has 0 aliphatic carbocycles. The van der Waals surface area contributed by atoms with E-state index in [-0.39, 0.29) is 53.6 Å². The van der Waals surface area contributed by atoms with Gasteiger partial charge in [-0.05, 0) is 24.6 Å². The van der Waals surface area contributed by atoms with Gasteiger partial charge in [-0.15, -0.1) is 24.0 Å². The number of hydrogen-bond acceptors (Lipinski definition) is 3. The van der Waals surface area contributed by atoms with E-state index in [1.807, 2.05) is 0 Å². The van der Waals surface area contributed by atoms with Gasteiger partial charge in [0.2, 0.25) is 0 Å². The van der Waals surface area contributed by atoms with E-state index in [1.54, 1.807) is 7.05 Å². The van der Waals surface area contributed by atoms with Crippen molar-refractivity contribution < 1.29 is 21.6 Å². The minimum absolute atomic E-state index is 0. The molecule has 144 valence electrons. The second-order valence-corrected chi connectivity index (χ2v) is 7.78. The normalized spacial score (nSPS) is 19.1. The van der Waals surface area contributed by atoms with Crippen molar-refractivity contribution in [1.82, 2.24) is 10.6 Å². The van der Waals surface area contributed by atoms with E-state index in [9.17, 15) is 21.6 Å². The molecule has 5 nitrogen and oxygen atoms in total. The third kappa shape index (κ3) is 7.03. The fraction of sp³-hybridized carbons (Fsp3) is 0.438. The van der Waals surface area contributed by atoms with Crippen molar-refractivity contribution in [3.8, 4) is 11.8 Å². The first kappa shape index (κ1) is 22.6. The topological polar surface area (TPSA) is 70.6 Å². The molecule has 1 aliphatic rings. The number of guanidine groups is 1. The summed E-state index contributed by atoms with van der Waals surface area (Å²) in [6.45, 7) is 0.162. The van der Waals surface area contributed by atoms with Gasteiger partial charge in [-0.3, -0.25) is 4.99 Å². The Bertz CT molecular complexity index is 814. The lowest BCUT2D eigenvalue weighted by Gasteiger charge is -2.14. The Kier molecular flexibility index (Phi) is 8.20. The molecule has 0 bridgehead atoms. The van der Waals surface area contributed by atoms with Crippen LogP contribution in [0.4, 0.5) is 13.2 Å². The fourth-order valence-corrected chi connectivity index (χ4v) is 4.02. The molecule has 10 heteroatoms. The van der Waals surface area contributed by atoms with Crippen molar-refractivity contribution >= 4 is 39.8 Å². The molecule has 0 amide bonds. The Labute approximate surface area is 167 Å². The van der Waals surface area contributed by atoms with Crippen LogP contribution < -0.4 is 10.6 Å². The first-order chi connectivity index (χ1) is 11.7. The van der Waals surface area contributed by atoms with E-state index in [0.29, 0.717) is 12.4 Å². The predicted molar refractivity (Wildman–Crippen MR) is 105 cm³/mol. The van der Waals surface area contributed by atoms with Crippen LogP contribution in [0.5, 0.6) is 0 Å². The Hall–Kier alpha value is -1.48. The maximum absolute atomic E-state index is 12.6. The summed E-state index contributed by atoms with van der Waals surface area (Å²) >= 11 is 0. The Morgan fingerprint density at radius 1 is 1.38 bits per heavy atom. The average molecular weight is 501 g/mol. The summed E-state index contributed by atoms with van der Waals surface area (Å²) < 4.78 is 60.7. The van der Waals surface area contributed by atoms with Gasteiger partial charge in [-0.1, -0.05) is 17.9 Å². The number of halogens is 4. The molecule has 1 unspecified atom stereocenters. The van der Waals surface area contributed by atoms with Crippen LogP contribution in [-0.2, 0) is 16.0 Å². The van der Waals surface area contributed by atoms with E-state index >= 15 is 0 Å². The molecular formula is C16H19F3IN3O2S. The molecule has 1 saturated heterocycles. The quantitative estimate of drug-likeness (QED) is 0.282. The second-order valence-electron chi connectivity index (χ2n) is 5.55. The van der Waals surface area contributed by atoms with Crippen molar-refractivity contribution in [1.29, 1.82) is 0 Å². The highest BCUT2D eigenvalue weighted by Crippen LogP contribution is 2.29. The summed E-state index contributed by atoms with van der Waals surface area (Å²) in [5.41, 5.74) is -0.478. The number of aliphatic imine (C=N–C) groups is 1. The molecule has 0 saturated carbocycles. The molecule has 1 aromatic carbocycles. The summed E-state index contributed by atoms with van der Waals surface area (Å²) in [6, 6.07) is 4.58. The molecule has 1 atom stereocenters. The number of sulfone groups is 1. The molecule has 26 heavy (non-hydrogen) atoms. The van der Waals surface area contributed by atoms with E-state index in [1.165, 1.54) is 12.1 Å². The van der Waals surface area contributed by atoms with E-state index in [4.69, 9.17) is 0 Å². The number of rotatable bonds is 2. The molecule has 1 heterocycles. The van der Waals surface area contributed by atoms with Crippen LogP contribution in [0.3, 0.4) is 0 Å². The van der Waals surface area contributed by atoms with Crippen molar-refractivity contribution in [2.24, 2.45) is 4.99 Å². The SMILES string of the molecule is CN=C(NCC#Cc1cccc(C(F)(F)F)c1)NC1CCS(=O)(=O)C1.I. The van der Waals surface area contributed by atoms with Crippen LogP contribution in [-0.4, -0.2) is 45.5 Å². The van der Waals surface area contributed by atoms with Gasteiger partial charge in [0.05, 0.1) is 23.6 Å². The zero-order chi connectivity index (χ0) is 18.5. The van der Waals surface area contributed by atoms with Crippen molar-refractivity contribution in [2.75, 3.05) is 25.1 Å². The van der Waals surface area contributed by atoms with E-state index < -0.39 is 21.6 Å². The predicted octanol–water partition coefficient (Wildman–Crippen LogP) is 2.03. The minimum Gasteiger partial charge on any atom is -0.353 e. The molecule has 0 aromatic heterocycles. The lowest BCUT2D eigenvalue weighted by Crippen LogP contribution is -2.44. The van der Waals surface area contributed by atoms with Gasteiger partial charge in [0, 0.05) is 18.7 Å². The number of alkyl halides is 3. The fourth-order valence-electron chi connectivity index (χ4n) is 2.34. The van der Waals surface area contributed by atoms with Crippen LogP contribution in [0.2, 0.25) is 0 Å². The third-order valence-corrected chi connectivity index (χ3v) is 5.33. The number of nitrogens with zero attached hydrogens (tertiary/aromatic N) is 1. The number of hydrogen-bond donors (Lipinski definition) is 2. The second kappa shape index (κ2) is 9.45. The number of nitrogens with one attached hydrogen (secondary N) is 2. The largest absolute Gasteiger partial charge is 0.416 e. The lowest BCUT2D eigenvalue weighted by atomic mass is 10.1. The van der Waals surface area contributed by atoms with Crippen molar-refractivity contribution in [2.45, 2.75) is 18.6 Å². The zero-order valence-electron chi connectivity index (χ0n) is 13.9. The molecule has 0 radical (unpaired) electrons. The Morgan fingerprint density at radius 3 is 2.69 bits per heavy atom. The molecule has 2 N–H and O–H groups in total. The van der Waals surface area contributed by atoms with Gasteiger partial charge in [-0.2, -0.15) is 13.2 Å². The van der Waals surface area contributed by atoms with Crippen molar-refractivity contribution in [3.63, 3.8) is 0 Å². The summed E-state index contributed by atoms with van der Waals surface area (Å²) in [6.07, 6.45) is -3.89. The third-order valence-electron chi connectivity index (χ3n) is 3.56. The van der Waals surface area contributed by atoms with Crippen LogP contribution in [0.1, 0.15) is 17.5 Å². The van der Waals surface area contributed by atoms with Gasteiger partial charge in [0.25, 0.3) is 0 Å². The molecule has 1 aromatic rings. The first-order valence-electron chi connectivity index (χ1n) is 7.53. The highest BCUT2D eigenvalue weighted by molar-refractivity contribution is 14.0. The summed E-state index contributed by atoms with van der Waals surface area (Å²) in [5.74, 6) is 5.98. The minimum atomic E-state index is -4.40. The molecule has 1 aliphatic heterocycles. The highest BCUT2D eigenvalue weighted by atomic mass is 127. The summed E-state index contributed by atoms with van der Waals surface area (Å²) in [7, 11) is -1.45. The Morgan fingerprint density at radius 2 is 2.12 bits per heavy atom. The monoisotopic (exact) mass is 501 g/mol. The lowest BCUT2D eigenvalue weighted by molar-refractivity contribution is -0.137.